The van der Waals surface area contributed by atoms with Gasteiger partial charge in [-0.25, -0.2) is 0 Å². The molecule has 3 nitrogen and oxygen atoms in total. The largest absolute Gasteiger partial charge is 0.356 e. The lowest BCUT2D eigenvalue weighted by molar-refractivity contribution is 0.114. The van der Waals surface area contributed by atoms with Crippen molar-refractivity contribution in [3.8, 4) is 0 Å². The van der Waals surface area contributed by atoms with Gasteiger partial charge in [-0.05, 0) is 111 Å². The zero-order valence-corrected chi connectivity index (χ0v) is 30.3. The Morgan fingerprint density at radius 1 is 0.824 bits per heavy atom. The molecule has 5 aliphatic rings. The van der Waals surface area contributed by atoms with E-state index in [1.54, 1.807) is 0 Å². The summed E-state index contributed by atoms with van der Waals surface area (Å²) in [5.74, 6) is 0. The van der Waals surface area contributed by atoms with E-state index >= 15 is 0 Å². The Balaban J connectivity index is 1.33. The summed E-state index contributed by atoms with van der Waals surface area (Å²) < 4.78 is 0. The van der Waals surface area contributed by atoms with Crippen molar-refractivity contribution in [3.05, 3.63) is 168 Å². The minimum atomic E-state index is 0.00317. The number of benzene rings is 4. The second kappa shape index (κ2) is 11.9. The van der Waals surface area contributed by atoms with Gasteiger partial charge < -0.3 is 14.7 Å². The van der Waals surface area contributed by atoms with Crippen molar-refractivity contribution in [2.75, 3.05) is 14.7 Å². The van der Waals surface area contributed by atoms with Crippen molar-refractivity contribution in [2.24, 2.45) is 5.41 Å². The molecule has 252 valence electrons. The third-order valence-electron chi connectivity index (χ3n) is 12.6. The summed E-state index contributed by atoms with van der Waals surface area (Å²) in [4.78, 5) is 7.70. The fourth-order valence-corrected chi connectivity index (χ4v) is 10.1. The molecule has 3 aliphatic heterocycles. The zero-order chi connectivity index (χ0) is 34.9. The third-order valence-corrected chi connectivity index (χ3v) is 12.6. The van der Waals surface area contributed by atoms with E-state index in [0.29, 0.717) is 0 Å². The first-order valence-corrected chi connectivity index (χ1v) is 18.7. The summed E-state index contributed by atoms with van der Waals surface area (Å²) in [5.41, 5.74) is 15.5. The van der Waals surface area contributed by atoms with E-state index in [1.807, 2.05) is 6.08 Å². The molecule has 2 bridgehead atoms. The normalized spacial score (nSPS) is 24.5. The molecular weight excluding hydrogens is 617 g/mol. The quantitative estimate of drug-likeness (QED) is 0.150. The molecule has 0 radical (unpaired) electrons. The molecule has 0 amide bonds. The molecular formula is C47H46BN3. The molecule has 3 heterocycles. The standard InChI is InChI=1S/C47H46BN3/c1-6-8-18-35(7-2)50-41-23-17-24-42-45(41)48(40-30-33(3)29-34-31-44(40)51(42)47(5)28-16-15-27-46(34,47)4)39-26-25-38(32-43(39)50)49(36-19-11-9-12-20-36)37-21-13-10-14-22-37/h6-14,17-26,29-32,44H,2,15-16,27-28H2,1,3-5H3/b8-6-,35-18+. The molecule has 1 saturated carbocycles. The van der Waals surface area contributed by atoms with Crippen LogP contribution in [0.3, 0.4) is 0 Å². The van der Waals surface area contributed by atoms with Gasteiger partial charge >= 0.3 is 0 Å². The highest BCUT2D eigenvalue weighted by Gasteiger charge is 2.60. The first kappa shape index (κ1) is 31.7. The Morgan fingerprint density at radius 2 is 1.53 bits per heavy atom. The molecule has 0 saturated heterocycles. The van der Waals surface area contributed by atoms with E-state index in [4.69, 9.17) is 0 Å². The minimum Gasteiger partial charge on any atom is -0.356 e. The highest BCUT2D eigenvalue weighted by molar-refractivity contribution is 6.95. The Labute approximate surface area is 304 Å². The van der Waals surface area contributed by atoms with Crippen molar-refractivity contribution in [2.45, 2.75) is 65.0 Å². The predicted octanol–water partition coefficient (Wildman–Crippen LogP) is 10.8. The van der Waals surface area contributed by atoms with Gasteiger partial charge in [0.25, 0.3) is 0 Å². The molecule has 2 aliphatic carbocycles. The number of hydrogen-bond acceptors (Lipinski definition) is 3. The number of allylic oxidation sites excluding steroid dienone is 7. The topological polar surface area (TPSA) is 9.72 Å². The third kappa shape index (κ3) is 4.58. The second-order valence-electron chi connectivity index (χ2n) is 15.3. The van der Waals surface area contributed by atoms with Crippen molar-refractivity contribution >= 4 is 51.8 Å². The van der Waals surface area contributed by atoms with Crippen LogP contribution in [0.5, 0.6) is 0 Å². The number of hydrogen-bond donors (Lipinski definition) is 0. The molecule has 3 unspecified atom stereocenters. The second-order valence-corrected chi connectivity index (χ2v) is 15.3. The maximum absolute atomic E-state index is 4.37. The Bertz CT molecular complexity index is 2170. The average Bonchev–Trinajstić information content (AvgIpc) is 3.32. The van der Waals surface area contributed by atoms with Crippen LogP contribution in [-0.2, 0) is 0 Å². The number of rotatable bonds is 6. The summed E-state index contributed by atoms with van der Waals surface area (Å²) in [7, 11) is 0. The summed E-state index contributed by atoms with van der Waals surface area (Å²) in [5, 5.41) is 0. The maximum atomic E-state index is 4.37. The molecule has 4 heteroatoms. The molecule has 0 N–H and O–H groups in total. The van der Waals surface area contributed by atoms with Crippen LogP contribution in [0.4, 0.5) is 34.1 Å². The lowest BCUT2D eigenvalue weighted by atomic mass is 9.31. The van der Waals surface area contributed by atoms with Crippen LogP contribution in [0.1, 0.15) is 53.4 Å². The molecule has 0 spiro atoms. The van der Waals surface area contributed by atoms with Gasteiger partial charge in [-0.2, -0.15) is 0 Å². The van der Waals surface area contributed by atoms with Gasteiger partial charge in [0.05, 0.1) is 6.04 Å². The number of fused-ring (bicyclic) bond motifs is 7. The van der Waals surface area contributed by atoms with Gasteiger partial charge in [-0.3, -0.25) is 0 Å². The highest BCUT2D eigenvalue weighted by atomic mass is 15.3. The van der Waals surface area contributed by atoms with Crippen LogP contribution in [-0.4, -0.2) is 18.3 Å². The summed E-state index contributed by atoms with van der Waals surface area (Å²) >= 11 is 0. The van der Waals surface area contributed by atoms with Gasteiger partial charge in [0.2, 0.25) is 6.71 Å². The smallest absolute Gasteiger partial charge is 0.247 e. The lowest BCUT2D eigenvalue weighted by Crippen LogP contribution is -2.71. The summed E-state index contributed by atoms with van der Waals surface area (Å²) in [6.45, 7) is 14.0. The van der Waals surface area contributed by atoms with Crippen LogP contribution in [0, 0.1) is 5.41 Å². The van der Waals surface area contributed by atoms with Crippen molar-refractivity contribution in [1.29, 1.82) is 0 Å². The predicted molar refractivity (Wildman–Crippen MR) is 219 cm³/mol. The molecule has 3 atom stereocenters. The number of nitrogens with zero attached hydrogens (tertiary/aromatic N) is 3. The zero-order valence-electron chi connectivity index (χ0n) is 30.3. The fourth-order valence-electron chi connectivity index (χ4n) is 10.1. The van der Waals surface area contributed by atoms with Crippen LogP contribution >= 0.6 is 0 Å². The summed E-state index contributed by atoms with van der Waals surface area (Å²) in [6.07, 6.45) is 21.1. The Morgan fingerprint density at radius 3 is 2.24 bits per heavy atom. The molecule has 0 aromatic heterocycles. The maximum Gasteiger partial charge on any atom is 0.247 e. The molecule has 9 rings (SSSR count). The molecule has 4 aromatic carbocycles. The molecule has 4 aromatic rings. The van der Waals surface area contributed by atoms with E-state index in [9.17, 15) is 0 Å². The van der Waals surface area contributed by atoms with Gasteiger partial charge in [-0.1, -0.05) is 116 Å². The van der Waals surface area contributed by atoms with Crippen molar-refractivity contribution in [1.82, 2.24) is 0 Å². The summed E-state index contributed by atoms with van der Waals surface area (Å²) in [6, 6.07) is 35.9. The van der Waals surface area contributed by atoms with E-state index in [-0.39, 0.29) is 23.7 Å². The van der Waals surface area contributed by atoms with Crippen LogP contribution in [0.15, 0.2) is 168 Å². The monoisotopic (exact) mass is 663 g/mol. The van der Waals surface area contributed by atoms with Gasteiger partial charge in [0.15, 0.2) is 0 Å². The molecule has 1 fully saturated rings. The van der Waals surface area contributed by atoms with Gasteiger partial charge in [-0.15, -0.1) is 0 Å². The van der Waals surface area contributed by atoms with Gasteiger partial charge in [0.1, 0.15) is 0 Å². The lowest BCUT2D eigenvalue weighted by Gasteiger charge is -2.64. The fraction of sp³-hybridized carbons (Fsp3) is 0.234. The van der Waals surface area contributed by atoms with Gasteiger partial charge in [0, 0.05) is 50.8 Å². The first-order valence-electron chi connectivity index (χ1n) is 18.7. The SMILES string of the molecule is C=C/C(=C\C=C/C)N1c2cc(N(c3ccccc3)c3ccccc3)ccc2B2C3=CC(C)=CC4=CC3N(c3cccc1c32)C1(C)CCCCC41C. The minimum absolute atomic E-state index is 0.00317. The van der Waals surface area contributed by atoms with Crippen LogP contribution in [0.2, 0.25) is 0 Å². The average molecular weight is 664 g/mol. The van der Waals surface area contributed by atoms with E-state index < -0.39 is 0 Å². The van der Waals surface area contributed by atoms with Crippen LogP contribution in [0.25, 0.3) is 0 Å². The van der Waals surface area contributed by atoms with E-state index in [2.05, 4.69) is 182 Å². The Hall–Kier alpha value is -5.22. The van der Waals surface area contributed by atoms with Crippen molar-refractivity contribution in [3.63, 3.8) is 0 Å². The Kier molecular flexibility index (Phi) is 7.43. The first-order chi connectivity index (χ1) is 24.9. The number of anilines is 6. The van der Waals surface area contributed by atoms with E-state index in [1.165, 1.54) is 70.3 Å². The molecule has 51 heavy (non-hydrogen) atoms. The van der Waals surface area contributed by atoms with Crippen molar-refractivity contribution < 1.29 is 0 Å². The highest BCUT2D eigenvalue weighted by Crippen LogP contribution is 2.59. The van der Waals surface area contributed by atoms with E-state index in [0.717, 1.165) is 22.8 Å². The van der Waals surface area contributed by atoms with Crippen LogP contribution < -0.4 is 25.6 Å². The number of para-hydroxylation sites is 2.